The lowest BCUT2D eigenvalue weighted by molar-refractivity contribution is 0.201. The molecule has 0 aliphatic rings. The van der Waals surface area contributed by atoms with Gasteiger partial charge in [-0.3, -0.25) is 0 Å². The molecule has 0 saturated carbocycles. The Labute approximate surface area is 90.7 Å². The summed E-state index contributed by atoms with van der Waals surface area (Å²) in [7, 11) is 0. The van der Waals surface area contributed by atoms with Gasteiger partial charge in [0.25, 0.3) is 0 Å². The molecule has 78 valence electrons. The van der Waals surface area contributed by atoms with Crippen LogP contribution in [0.2, 0.25) is 0 Å². The Hall–Kier alpha value is -0.530. The predicted molar refractivity (Wildman–Crippen MR) is 60.9 cm³/mol. The Morgan fingerprint density at radius 3 is 2.50 bits per heavy atom. The van der Waals surface area contributed by atoms with Gasteiger partial charge in [-0.2, -0.15) is 0 Å². The number of halogens is 1. The van der Waals surface area contributed by atoms with Crippen LogP contribution in [0, 0.1) is 0 Å². The van der Waals surface area contributed by atoms with Gasteiger partial charge >= 0.3 is 0 Å². The first-order valence-electron chi connectivity index (χ1n) is 5.08. The van der Waals surface area contributed by atoms with Gasteiger partial charge < -0.3 is 5.11 Å². The second-order valence-corrected chi connectivity index (χ2v) is 3.72. The number of hydrogen-bond donors (Lipinski definition) is 1. The highest BCUT2D eigenvalue weighted by molar-refractivity contribution is 6.18. The number of alkyl halides is 1. The molecule has 0 spiro atoms. The third kappa shape index (κ3) is 2.49. The van der Waals surface area contributed by atoms with E-state index in [0.29, 0.717) is 0 Å². The molecule has 1 atom stereocenters. The van der Waals surface area contributed by atoms with Crippen LogP contribution in [0.1, 0.15) is 36.6 Å². The molecule has 0 aromatic heterocycles. The van der Waals surface area contributed by atoms with Gasteiger partial charge in [-0.25, -0.2) is 0 Å². The summed E-state index contributed by atoms with van der Waals surface area (Å²) in [5, 5.41) is 9.73. The lowest BCUT2D eigenvalue weighted by Crippen LogP contribution is -2.03. The van der Waals surface area contributed by atoms with Crippen molar-refractivity contribution in [3.8, 4) is 0 Å². The van der Waals surface area contributed by atoms with E-state index in [1.807, 2.05) is 0 Å². The summed E-state index contributed by atoms with van der Waals surface area (Å²) in [5.74, 6) is 0.264. The SMILES string of the molecule is CCc1ccc(CC)c([C@H](O)CCl)c1. The Morgan fingerprint density at radius 1 is 1.29 bits per heavy atom. The minimum Gasteiger partial charge on any atom is -0.387 e. The third-order valence-electron chi connectivity index (χ3n) is 2.50. The van der Waals surface area contributed by atoms with Crippen molar-refractivity contribution < 1.29 is 5.11 Å². The summed E-state index contributed by atoms with van der Waals surface area (Å²) in [6, 6.07) is 6.26. The van der Waals surface area contributed by atoms with Gasteiger partial charge in [0.1, 0.15) is 0 Å². The van der Waals surface area contributed by atoms with Crippen molar-refractivity contribution >= 4 is 11.6 Å². The van der Waals surface area contributed by atoms with Crippen LogP contribution in [0.3, 0.4) is 0 Å². The number of aliphatic hydroxyl groups is 1. The molecule has 0 fully saturated rings. The average molecular weight is 213 g/mol. The van der Waals surface area contributed by atoms with Crippen molar-refractivity contribution in [2.45, 2.75) is 32.8 Å². The molecule has 0 heterocycles. The molecule has 0 radical (unpaired) electrons. The van der Waals surface area contributed by atoms with Gasteiger partial charge in [0.05, 0.1) is 12.0 Å². The molecule has 1 aromatic carbocycles. The first-order chi connectivity index (χ1) is 6.72. The van der Waals surface area contributed by atoms with Crippen LogP contribution in [0.5, 0.6) is 0 Å². The van der Waals surface area contributed by atoms with Crippen LogP contribution in [0.15, 0.2) is 18.2 Å². The van der Waals surface area contributed by atoms with Crippen molar-refractivity contribution in [2.75, 3.05) is 5.88 Å². The summed E-state index contributed by atoms with van der Waals surface area (Å²) in [6.07, 6.45) is 1.40. The predicted octanol–water partition coefficient (Wildman–Crippen LogP) is 3.08. The monoisotopic (exact) mass is 212 g/mol. The Kier molecular flexibility index (Phi) is 4.43. The molecule has 1 nitrogen and oxygen atoms in total. The van der Waals surface area contributed by atoms with Gasteiger partial charge in [-0.05, 0) is 29.5 Å². The summed E-state index contributed by atoms with van der Waals surface area (Å²) in [6.45, 7) is 4.20. The molecule has 2 heteroatoms. The quantitative estimate of drug-likeness (QED) is 0.761. The zero-order valence-electron chi connectivity index (χ0n) is 8.76. The number of hydrogen-bond acceptors (Lipinski definition) is 1. The molecule has 1 rings (SSSR count). The highest BCUT2D eigenvalue weighted by Gasteiger charge is 2.10. The molecular formula is C12H17ClO. The average Bonchev–Trinajstić information content (AvgIpc) is 2.27. The fraction of sp³-hybridized carbons (Fsp3) is 0.500. The third-order valence-corrected chi connectivity index (χ3v) is 2.80. The molecule has 0 aliphatic heterocycles. The van der Waals surface area contributed by atoms with Crippen molar-refractivity contribution in [1.82, 2.24) is 0 Å². The first kappa shape index (κ1) is 11.5. The van der Waals surface area contributed by atoms with E-state index in [-0.39, 0.29) is 5.88 Å². The van der Waals surface area contributed by atoms with E-state index in [4.69, 9.17) is 11.6 Å². The molecule has 0 unspecified atom stereocenters. The standard InChI is InChI=1S/C12H17ClO/c1-3-9-5-6-10(4-2)11(7-9)12(14)8-13/h5-7,12,14H,3-4,8H2,1-2H3/t12-/m1/s1. The Bertz CT molecular complexity index is 296. The van der Waals surface area contributed by atoms with Gasteiger partial charge in [0, 0.05) is 0 Å². The summed E-state index contributed by atoms with van der Waals surface area (Å²) in [4.78, 5) is 0. The van der Waals surface area contributed by atoms with Gasteiger partial charge in [-0.15, -0.1) is 11.6 Å². The van der Waals surface area contributed by atoms with Crippen LogP contribution >= 0.6 is 11.6 Å². The molecule has 14 heavy (non-hydrogen) atoms. The molecular weight excluding hydrogens is 196 g/mol. The molecule has 0 amide bonds. The minimum absolute atomic E-state index is 0.264. The molecule has 0 saturated heterocycles. The lowest BCUT2D eigenvalue weighted by Gasteiger charge is -2.13. The van der Waals surface area contributed by atoms with Crippen LogP contribution < -0.4 is 0 Å². The minimum atomic E-state index is -0.530. The normalized spacial score (nSPS) is 12.9. The zero-order valence-corrected chi connectivity index (χ0v) is 9.51. The van der Waals surface area contributed by atoms with Crippen molar-refractivity contribution in [3.05, 3.63) is 34.9 Å². The molecule has 1 aromatic rings. The topological polar surface area (TPSA) is 20.2 Å². The largest absolute Gasteiger partial charge is 0.387 e. The zero-order chi connectivity index (χ0) is 10.6. The Balaban J connectivity index is 3.08. The first-order valence-corrected chi connectivity index (χ1v) is 5.62. The molecule has 0 aliphatic carbocycles. The second-order valence-electron chi connectivity index (χ2n) is 3.41. The van der Waals surface area contributed by atoms with E-state index in [0.717, 1.165) is 18.4 Å². The van der Waals surface area contributed by atoms with E-state index in [1.54, 1.807) is 0 Å². The summed E-state index contributed by atoms with van der Waals surface area (Å²) in [5.41, 5.74) is 3.43. The van der Waals surface area contributed by atoms with Gasteiger partial charge in [-0.1, -0.05) is 32.0 Å². The van der Waals surface area contributed by atoms with Crippen LogP contribution in [0.25, 0.3) is 0 Å². The van der Waals surface area contributed by atoms with Crippen LogP contribution in [-0.2, 0) is 12.8 Å². The van der Waals surface area contributed by atoms with E-state index >= 15 is 0 Å². The van der Waals surface area contributed by atoms with Crippen LogP contribution in [0.4, 0.5) is 0 Å². The Morgan fingerprint density at radius 2 is 2.00 bits per heavy atom. The maximum Gasteiger partial charge on any atom is 0.0928 e. The van der Waals surface area contributed by atoms with Gasteiger partial charge in [0.2, 0.25) is 0 Å². The van der Waals surface area contributed by atoms with Gasteiger partial charge in [0.15, 0.2) is 0 Å². The number of aryl methyl sites for hydroxylation is 2. The van der Waals surface area contributed by atoms with Crippen LogP contribution in [-0.4, -0.2) is 11.0 Å². The summed E-state index contributed by atoms with van der Waals surface area (Å²) < 4.78 is 0. The number of benzene rings is 1. The fourth-order valence-electron chi connectivity index (χ4n) is 1.58. The molecule has 1 N–H and O–H groups in total. The van der Waals surface area contributed by atoms with Crippen molar-refractivity contribution in [2.24, 2.45) is 0 Å². The lowest BCUT2D eigenvalue weighted by atomic mass is 9.97. The van der Waals surface area contributed by atoms with Crippen molar-refractivity contribution in [1.29, 1.82) is 0 Å². The maximum absolute atomic E-state index is 9.73. The number of aliphatic hydroxyl groups excluding tert-OH is 1. The number of rotatable bonds is 4. The summed E-state index contributed by atoms with van der Waals surface area (Å²) >= 11 is 5.66. The van der Waals surface area contributed by atoms with Crippen molar-refractivity contribution in [3.63, 3.8) is 0 Å². The highest BCUT2D eigenvalue weighted by atomic mass is 35.5. The smallest absolute Gasteiger partial charge is 0.0928 e. The van der Waals surface area contributed by atoms with E-state index in [9.17, 15) is 5.11 Å². The fourth-order valence-corrected chi connectivity index (χ4v) is 1.75. The maximum atomic E-state index is 9.73. The molecule has 0 bridgehead atoms. The van der Waals surface area contributed by atoms with E-state index < -0.39 is 6.10 Å². The highest BCUT2D eigenvalue weighted by Crippen LogP contribution is 2.21. The van der Waals surface area contributed by atoms with E-state index in [1.165, 1.54) is 11.1 Å². The second kappa shape index (κ2) is 5.38. The van der Waals surface area contributed by atoms with E-state index in [2.05, 4.69) is 32.0 Å².